The summed E-state index contributed by atoms with van der Waals surface area (Å²) in [5, 5.41) is 17.9. The Morgan fingerprint density at radius 1 is 1.24 bits per heavy atom. The van der Waals surface area contributed by atoms with Crippen molar-refractivity contribution in [2.75, 3.05) is 11.6 Å². The molecule has 0 aliphatic heterocycles. The molecule has 0 aliphatic rings. The number of aldehydes is 1. The molecule has 2 rings (SSSR count). The van der Waals surface area contributed by atoms with E-state index in [9.17, 15) is 19.2 Å². The molecule has 9 nitrogen and oxygen atoms in total. The van der Waals surface area contributed by atoms with Gasteiger partial charge in [0.1, 0.15) is 6.29 Å². The molecule has 156 valence electrons. The van der Waals surface area contributed by atoms with Gasteiger partial charge in [0.15, 0.2) is 0 Å². The number of nitrogens with zero attached hydrogens (tertiary/aromatic N) is 3. The largest absolute Gasteiger partial charge is 0.481 e. The Morgan fingerprint density at radius 2 is 1.93 bits per heavy atom. The van der Waals surface area contributed by atoms with Crippen molar-refractivity contribution >= 4 is 35.0 Å². The minimum atomic E-state index is -1.19. The average Bonchev–Trinajstić information content (AvgIpc) is 3.09. The molecule has 0 saturated heterocycles. The zero-order chi connectivity index (χ0) is 21.6. The number of aliphatic carboxylic acids is 1. The van der Waals surface area contributed by atoms with Crippen molar-refractivity contribution in [3.63, 3.8) is 0 Å². The topological polar surface area (TPSA) is 122 Å². The highest BCUT2D eigenvalue weighted by Gasteiger charge is 2.30. The lowest BCUT2D eigenvalue weighted by Crippen LogP contribution is -2.46. The minimum absolute atomic E-state index is 0.0931. The van der Waals surface area contributed by atoms with Gasteiger partial charge in [-0.25, -0.2) is 5.01 Å². The van der Waals surface area contributed by atoms with E-state index < -0.39 is 30.3 Å². The Kier molecular flexibility index (Phi) is 7.46. The van der Waals surface area contributed by atoms with Gasteiger partial charge in [-0.1, -0.05) is 32.0 Å². The van der Waals surface area contributed by atoms with Crippen LogP contribution in [0, 0.1) is 11.8 Å². The maximum atomic E-state index is 13.0. The summed E-state index contributed by atoms with van der Waals surface area (Å²) in [4.78, 5) is 49.0. The van der Waals surface area contributed by atoms with Gasteiger partial charge in [-0.05, 0) is 18.9 Å². The minimum Gasteiger partial charge on any atom is -0.481 e. The standard InChI is InChI=1S/C20H26N4O5/c1-4-23(24-17-8-6-5-7-14(17)11-21-24)18(26)10-16(13(2)3)20(29)22-15(12-25)9-19(27)28/h5-8,11-13,15-16H,4,9-10H2,1-3H3,(H,22,29)(H,27,28). The van der Waals surface area contributed by atoms with Crippen LogP contribution < -0.4 is 10.3 Å². The molecular weight excluding hydrogens is 376 g/mol. The molecule has 1 heterocycles. The van der Waals surface area contributed by atoms with E-state index in [1.54, 1.807) is 20.0 Å². The predicted octanol–water partition coefficient (Wildman–Crippen LogP) is 1.34. The Morgan fingerprint density at radius 3 is 2.52 bits per heavy atom. The van der Waals surface area contributed by atoms with Crippen LogP contribution in [0.5, 0.6) is 0 Å². The number of aromatic nitrogens is 2. The number of nitrogens with one attached hydrogen (secondary N) is 1. The summed E-state index contributed by atoms with van der Waals surface area (Å²) in [6.07, 6.45) is 1.45. The number of amides is 2. The molecule has 2 amide bonds. The van der Waals surface area contributed by atoms with Gasteiger partial charge in [-0.2, -0.15) is 9.89 Å². The van der Waals surface area contributed by atoms with Crippen molar-refractivity contribution in [2.45, 2.75) is 39.7 Å². The molecule has 2 N–H and O–H groups in total. The molecule has 2 atom stereocenters. The van der Waals surface area contributed by atoms with Crippen molar-refractivity contribution in [1.82, 2.24) is 15.2 Å². The van der Waals surface area contributed by atoms with E-state index in [4.69, 9.17) is 5.11 Å². The van der Waals surface area contributed by atoms with Gasteiger partial charge in [-0.3, -0.25) is 14.4 Å². The van der Waals surface area contributed by atoms with Crippen molar-refractivity contribution in [1.29, 1.82) is 0 Å². The van der Waals surface area contributed by atoms with E-state index in [1.165, 1.54) is 9.80 Å². The second-order valence-electron chi connectivity index (χ2n) is 7.11. The number of carbonyl (C=O) groups is 4. The molecule has 0 fully saturated rings. The van der Waals surface area contributed by atoms with Crippen LogP contribution in [0.1, 0.15) is 33.6 Å². The molecule has 0 bridgehead atoms. The molecular formula is C20H26N4O5. The number of carbonyl (C=O) groups excluding carboxylic acids is 3. The number of hydrogen-bond donors (Lipinski definition) is 2. The number of rotatable bonds is 10. The lowest BCUT2D eigenvalue weighted by molar-refractivity contribution is -0.139. The van der Waals surface area contributed by atoms with Crippen LogP contribution in [-0.2, 0) is 19.2 Å². The van der Waals surface area contributed by atoms with E-state index in [1.807, 2.05) is 31.2 Å². The highest BCUT2D eigenvalue weighted by atomic mass is 16.4. The highest BCUT2D eigenvalue weighted by Crippen LogP contribution is 2.19. The van der Waals surface area contributed by atoms with Crippen LogP contribution in [0.25, 0.3) is 10.9 Å². The van der Waals surface area contributed by atoms with Crippen molar-refractivity contribution < 1.29 is 24.3 Å². The summed E-state index contributed by atoms with van der Waals surface area (Å²) in [5.41, 5.74) is 0.774. The van der Waals surface area contributed by atoms with E-state index >= 15 is 0 Å². The lowest BCUT2D eigenvalue weighted by atomic mass is 9.90. The Hall–Kier alpha value is -3.23. The molecule has 0 aliphatic carbocycles. The molecule has 1 aromatic heterocycles. The van der Waals surface area contributed by atoms with Gasteiger partial charge < -0.3 is 15.2 Å². The molecule has 2 unspecified atom stereocenters. The predicted molar refractivity (Wildman–Crippen MR) is 107 cm³/mol. The van der Waals surface area contributed by atoms with Gasteiger partial charge in [0.2, 0.25) is 11.8 Å². The number of carboxylic acids is 1. The van der Waals surface area contributed by atoms with Gasteiger partial charge in [-0.15, -0.1) is 0 Å². The number of carboxylic acid groups (broad SMARTS) is 1. The van der Waals surface area contributed by atoms with Gasteiger partial charge in [0.05, 0.1) is 24.2 Å². The highest BCUT2D eigenvalue weighted by molar-refractivity contribution is 5.93. The van der Waals surface area contributed by atoms with E-state index in [-0.39, 0.29) is 18.2 Å². The monoisotopic (exact) mass is 402 g/mol. The zero-order valence-electron chi connectivity index (χ0n) is 16.7. The van der Waals surface area contributed by atoms with Crippen molar-refractivity contribution in [3.8, 4) is 0 Å². The fourth-order valence-corrected chi connectivity index (χ4v) is 3.10. The molecule has 0 spiro atoms. The van der Waals surface area contributed by atoms with Crippen LogP contribution in [0.3, 0.4) is 0 Å². The van der Waals surface area contributed by atoms with Crippen LogP contribution in [0.15, 0.2) is 30.5 Å². The van der Waals surface area contributed by atoms with Gasteiger partial charge in [0, 0.05) is 24.3 Å². The molecule has 0 saturated carbocycles. The van der Waals surface area contributed by atoms with Crippen molar-refractivity contribution in [2.24, 2.45) is 11.8 Å². The summed E-state index contributed by atoms with van der Waals surface area (Å²) in [5.74, 6) is -2.91. The van der Waals surface area contributed by atoms with Crippen LogP contribution in [-0.4, -0.2) is 51.7 Å². The molecule has 9 heteroatoms. The van der Waals surface area contributed by atoms with E-state index in [0.717, 1.165) is 10.9 Å². The quantitative estimate of drug-likeness (QED) is 0.579. The van der Waals surface area contributed by atoms with Crippen LogP contribution in [0.2, 0.25) is 0 Å². The number of hydrogen-bond acceptors (Lipinski definition) is 5. The summed E-state index contributed by atoms with van der Waals surface area (Å²) in [6, 6.07) is 6.35. The summed E-state index contributed by atoms with van der Waals surface area (Å²) in [6.45, 7) is 5.76. The second-order valence-corrected chi connectivity index (χ2v) is 7.11. The Bertz CT molecular complexity index is 892. The third-order valence-electron chi connectivity index (χ3n) is 4.70. The summed E-state index contributed by atoms with van der Waals surface area (Å²) < 4.78 is 0. The first kappa shape index (κ1) is 22.1. The molecule has 29 heavy (non-hydrogen) atoms. The Labute approximate surface area is 168 Å². The van der Waals surface area contributed by atoms with E-state index in [0.29, 0.717) is 12.8 Å². The first-order chi connectivity index (χ1) is 13.8. The van der Waals surface area contributed by atoms with Gasteiger partial charge >= 0.3 is 5.97 Å². The number of fused-ring (bicyclic) bond motifs is 1. The maximum absolute atomic E-state index is 13.0. The Balaban J connectivity index is 2.18. The fourth-order valence-electron chi connectivity index (χ4n) is 3.10. The zero-order valence-corrected chi connectivity index (χ0v) is 16.7. The second kappa shape index (κ2) is 9.81. The first-order valence-electron chi connectivity index (χ1n) is 9.49. The average molecular weight is 402 g/mol. The first-order valence-corrected chi connectivity index (χ1v) is 9.49. The SMILES string of the molecule is CCN(C(=O)CC(C(=O)NC(C=O)CC(=O)O)C(C)C)n1ncc2ccccc21. The number of benzene rings is 1. The molecule has 0 radical (unpaired) electrons. The third kappa shape index (κ3) is 5.40. The normalized spacial score (nSPS) is 13.1. The summed E-state index contributed by atoms with van der Waals surface area (Å²) >= 11 is 0. The third-order valence-corrected chi connectivity index (χ3v) is 4.70. The maximum Gasteiger partial charge on any atom is 0.305 e. The van der Waals surface area contributed by atoms with Crippen LogP contribution >= 0.6 is 0 Å². The number of para-hydroxylation sites is 1. The van der Waals surface area contributed by atoms with E-state index in [2.05, 4.69) is 10.4 Å². The van der Waals surface area contributed by atoms with Gasteiger partial charge in [0.25, 0.3) is 0 Å². The van der Waals surface area contributed by atoms with Crippen LogP contribution in [0.4, 0.5) is 0 Å². The molecule has 2 aromatic rings. The smallest absolute Gasteiger partial charge is 0.305 e. The fraction of sp³-hybridized carbons (Fsp3) is 0.450. The van der Waals surface area contributed by atoms with Crippen molar-refractivity contribution in [3.05, 3.63) is 30.5 Å². The molecule has 1 aromatic carbocycles. The summed E-state index contributed by atoms with van der Waals surface area (Å²) in [7, 11) is 0. The lowest BCUT2D eigenvalue weighted by Gasteiger charge is -2.26.